The van der Waals surface area contributed by atoms with Crippen LogP contribution in [0.3, 0.4) is 0 Å². The number of aliphatic imine (C=N–C) groups is 1. The van der Waals surface area contributed by atoms with Gasteiger partial charge in [-0.15, -0.1) is 0 Å². The maximum absolute atomic E-state index is 12.6. The minimum Gasteiger partial charge on any atom is -0.465 e. The number of carboxylic acid groups (broad SMARTS) is 1. The summed E-state index contributed by atoms with van der Waals surface area (Å²) in [4.78, 5) is 29.5. The standard InChI is InChI=1S/C18H16ClN3O3/c1-11(21-18(24)25)22-15-8-7-13(19)9-14(15)17(20-10-16(22)23)12-5-3-2-4-6-12/h2-9,11,21H,10H2,1H3,(H,24,25). The molecule has 0 saturated carbocycles. The molecular formula is C18H16ClN3O3. The summed E-state index contributed by atoms with van der Waals surface area (Å²) in [6, 6.07) is 14.6. The van der Waals surface area contributed by atoms with Crippen LogP contribution in [-0.2, 0) is 4.79 Å². The van der Waals surface area contributed by atoms with Crippen molar-refractivity contribution in [3.63, 3.8) is 0 Å². The molecule has 1 aliphatic rings. The Hall–Kier alpha value is -2.86. The van der Waals surface area contributed by atoms with Gasteiger partial charge in [-0.25, -0.2) is 4.79 Å². The van der Waals surface area contributed by atoms with Crippen molar-refractivity contribution in [2.45, 2.75) is 13.1 Å². The quantitative estimate of drug-likeness (QED) is 0.885. The van der Waals surface area contributed by atoms with Crippen LogP contribution in [0.5, 0.6) is 0 Å². The van der Waals surface area contributed by atoms with E-state index in [-0.39, 0.29) is 12.5 Å². The van der Waals surface area contributed by atoms with E-state index in [1.54, 1.807) is 25.1 Å². The Morgan fingerprint density at radius 2 is 2.00 bits per heavy atom. The molecule has 128 valence electrons. The first-order valence-corrected chi connectivity index (χ1v) is 8.06. The molecule has 6 nitrogen and oxygen atoms in total. The Labute approximate surface area is 149 Å². The van der Waals surface area contributed by atoms with Gasteiger partial charge in [0.15, 0.2) is 0 Å². The van der Waals surface area contributed by atoms with Crippen molar-refractivity contribution >= 4 is 35.0 Å². The van der Waals surface area contributed by atoms with Crippen LogP contribution in [0.15, 0.2) is 53.5 Å². The van der Waals surface area contributed by atoms with E-state index in [4.69, 9.17) is 16.7 Å². The van der Waals surface area contributed by atoms with Gasteiger partial charge in [-0.2, -0.15) is 0 Å². The highest BCUT2D eigenvalue weighted by Crippen LogP contribution is 2.30. The molecule has 0 aromatic heterocycles. The third kappa shape index (κ3) is 3.49. The summed E-state index contributed by atoms with van der Waals surface area (Å²) < 4.78 is 0. The summed E-state index contributed by atoms with van der Waals surface area (Å²) in [5.74, 6) is -0.296. The van der Waals surface area contributed by atoms with E-state index in [0.29, 0.717) is 22.0 Å². The number of anilines is 1. The SMILES string of the molecule is CC(NC(=O)O)N1C(=O)CN=C(c2ccccc2)c2cc(Cl)ccc21. The van der Waals surface area contributed by atoms with E-state index >= 15 is 0 Å². The first-order chi connectivity index (χ1) is 12.0. The van der Waals surface area contributed by atoms with E-state index in [1.165, 1.54) is 4.90 Å². The summed E-state index contributed by atoms with van der Waals surface area (Å²) in [5.41, 5.74) is 2.76. The summed E-state index contributed by atoms with van der Waals surface area (Å²) in [6.45, 7) is 1.53. The maximum atomic E-state index is 12.6. The monoisotopic (exact) mass is 357 g/mol. The zero-order valence-electron chi connectivity index (χ0n) is 13.4. The molecule has 1 heterocycles. The predicted molar refractivity (Wildman–Crippen MR) is 96.5 cm³/mol. The fourth-order valence-corrected chi connectivity index (χ4v) is 3.03. The number of carbonyl (C=O) groups is 2. The number of benzene rings is 2. The second-order valence-corrected chi connectivity index (χ2v) is 6.02. The lowest BCUT2D eigenvalue weighted by atomic mass is 10.00. The molecule has 2 amide bonds. The van der Waals surface area contributed by atoms with E-state index in [2.05, 4.69) is 10.3 Å². The summed E-state index contributed by atoms with van der Waals surface area (Å²) in [6.07, 6.45) is -1.94. The molecule has 7 heteroatoms. The van der Waals surface area contributed by atoms with Crippen molar-refractivity contribution in [3.8, 4) is 0 Å². The molecule has 0 saturated heterocycles. The number of halogens is 1. The van der Waals surface area contributed by atoms with Gasteiger partial charge in [-0.05, 0) is 25.1 Å². The summed E-state index contributed by atoms with van der Waals surface area (Å²) in [7, 11) is 0. The third-order valence-corrected chi connectivity index (χ3v) is 4.12. The number of hydrogen-bond donors (Lipinski definition) is 2. The topological polar surface area (TPSA) is 82.0 Å². The maximum Gasteiger partial charge on any atom is 0.406 e. The van der Waals surface area contributed by atoms with Gasteiger partial charge in [0.05, 0.1) is 11.4 Å². The van der Waals surface area contributed by atoms with E-state index in [0.717, 1.165) is 5.56 Å². The molecule has 0 spiro atoms. The molecule has 1 atom stereocenters. The van der Waals surface area contributed by atoms with Crippen molar-refractivity contribution in [1.82, 2.24) is 5.32 Å². The number of amides is 2. The van der Waals surface area contributed by atoms with Gasteiger partial charge in [-0.1, -0.05) is 41.9 Å². The molecule has 0 radical (unpaired) electrons. The van der Waals surface area contributed by atoms with Crippen LogP contribution in [0.2, 0.25) is 5.02 Å². The molecule has 2 aromatic carbocycles. The number of benzodiazepines with no additional fused rings is 1. The lowest BCUT2D eigenvalue weighted by molar-refractivity contribution is -0.117. The Kier molecular flexibility index (Phi) is 4.72. The average molecular weight is 358 g/mol. The molecule has 1 unspecified atom stereocenters. The number of carbonyl (C=O) groups excluding carboxylic acids is 1. The number of rotatable bonds is 3. The van der Waals surface area contributed by atoms with E-state index < -0.39 is 12.3 Å². The molecule has 2 aromatic rings. The second kappa shape index (κ2) is 6.94. The molecule has 0 aliphatic carbocycles. The highest BCUT2D eigenvalue weighted by Gasteiger charge is 2.29. The fourth-order valence-electron chi connectivity index (χ4n) is 2.86. The number of fused-ring (bicyclic) bond motifs is 1. The third-order valence-electron chi connectivity index (χ3n) is 3.88. The van der Waals surface area contributed by atoms with Gasteiger partial charge < -0.3 is 10.4 Å². The molecule has 0 fully saturated rings. The Balaban J connectivity index is 2.15. The van der Waals surface area contributed by atoms with Crippen LogP contribution in [0, 0.1) is 0 Å². The van der Waals surface area contributed by atoms with Crippen molar-refractivity contribution < 1.29 is 14.7 Å². The summed E-state index contributed by atoms with van der Waals surface area (Å²) in [5, 5.41) is 11.8. The van der Waals surface area contributed by atoms with Crippen LogP contribution >= 0.6 is 11.6 Å². The van der Waals surface area contributed by atoms with Crippen molar-refractivity contribution in [2.75, 3.05) is 11.4 Å². The van der Waals surface area contributed by atoms with Crippen molar-refractivity contribution in [3.05, 3.63) is 64.7 Å². The molecule has 3 rings (SSSR count). The van der Waals surface area contributed by atoms with Crippen LogP contribution in [-0.4, -0.2) is 35.5 Å². The van der Waals surface area contributed by atoms with Crippen LogP contribution in [0.25, 0.3) is 0 Å². The van der Waals surface area contributed by atoms with Gasteiger partial charge in [0.2, 0.25) is 5.91 Å². The number of nitrogens with one attached hydrogen (secondary N) is 1. The minimum atomic E-state index is -1.20. The average Bonchev–Trinajstić information content (AvgIpc) is 2.71. The van der Waals surface area contributed by atoms with Gasteiger partial charge in [0, 0.05) is 16.1 Å². The minimum absolute atomic E-state index is 0.0812. The zero-order chi connectivity index (χ0) is 18.0. The Morgan fingerprint density at radius 3 is 2.68 bits per heavy atom. The first-order valence-electron chi connectivity index (χ1n) is 7.68. The second-order valence-electron chi connectivity index (χ2n) is 5.58. The normalized spacial score (nSPS) is 15.0. The predicted octanol–water partition coefficient (Wildman–Crippen LogP) is 3.14. The fraction of sp³-hybridized carbons (Fsp3) is 0.167. The van der Waals surface area contributed by atoms with E-state index in [9.17, 15) is 9.59 Å². The largest absolute Gasteiger partial charge is 0.465 e. The molecule has 2 N–H and O–H groups in total. The van der Waals surface area contributed by atoms with Crippen LogP contribution in [0.4, 0.5) is 10.5 Å². The molecule has 25 heavy (non-hydrogen) atoms. The highest BCUT2D eigenvalue weighted by atomic mass is 35.5. The molecule has 0 bridgehead atoms. The highest BCUT2D eigenvalue weighted by molar-refractivity contribution is 6.32. The smallest absolute Gasteiger partial charge is 0.406 e. The number of nitrogens with zero attached hydrogens (tertiary/aromatic N) is 2. The first kappa shape index (κ1) is 17.0. The summed E-state index contributed by atoms with van der Waals surface area (Å²) >= 11 is 6.16. The lowest BCUT2D eigenvalue weighted by Crippen LogP contribution is -2.49. The van der Waals surface area contributed by atoms with Crippen molar-refractivity contribution in [2.24, 2.45) is 4.99 Å². The Morgan fingerprint density at radius 1 is 1.28 bits per heavy atom. The van der Waals surface area contributed by atoms with Crippen LogP contribution in [0.1, 0.15) is 18.1 Å². The van der Waals surface area contributed by atoms with E-state index in [1.807, 2.05) is 30.3 Å². The molecule has 1 aliphatic heterocycles. The van der Waals surface area contributed by atoms with Gasteiger partial charge in [0.25, 0.3) is 0 Å². The Bertz CT molecular complexity index is 852. The van der Waals surface area contributed by atoms with Crippen LogP contribution < -0.4 is 10.2 Å². The molecular weight excluding hydrogens is 342 g/mol. The van der Waals surface area contributed by atoms with Crippen molar-refractivity contribution in [1.29, 1.82) is 0 Å². The zero-order valence-corrected chi connectivity index (χ0v) is 14.2. The van der Waals surface area contributed by atoms with Gasteiger partial charge in [0.1, 0.15) is 12.7 Å². The lowest BCUT2D eigenvalue weighted by Gasteiger charge is -2.29. The number of hydrogen-bond acceptors (Lipinski definition) is 3. The van der Waals surface area contributed by atoms with Gasteiger partial charge in [-0.3, -0.25) is 14.7 Å². The van der Waals surface area contributed by atoms with Gasteiger partial charge >= 0.3 is 6.09 Å².